The molecule has 5 amide bonds. The summed E-state index contributed by atoms with van der Waals surface area (Å²) in [5.41, 5.74) is 3.66. The first-order chi connectivity index (χ1) is 32.4. The number of imide groups is 1. The third kappa shape index (κ3) is 12.2. The molecule has 0 spiro atoms. The first-order valence-corrected chi connectivity index (χ1v) is 23.8. The number of thiophene rings is 1. The number of aromatic nitrogens is 2. The van der Waals surface area contributed by atoms with E-state index < -0.39 is 11.9 Å². The maximum Gasteiger partial charge on any atom is 0.255 e. The van der Waals surface area contributed by atoms with E-state index in [0.29, 0.717) is 135 Å². The molecule has 5 heterocycles. The zero-order chi connectivity index (χ0) is 47.5. The molecule has 3 aliphatic heterocycles. The van der Waals surface area contributed by atoms with Crippen molar-refractivity contribution < 1.29 is 47.7 Å². The number of likely N-dealkylation sites (N-methyl/N-ethyl adjacent to an activating group) is 1. The van der Waals surface area contributed by atoms with Crippen molar-refractivity contribution in [2.45, 2.75) is 89.9 Å². The first-order valence-electron chi connectivity index (χ1n) is 22.6. The van der Waals surface area contributed by atoms with Gasteiger partial charge in [-0.25, -0.2) is 9.97 Å². The van der Waals surface area contributed by atoms with E-state index in [4.69, 9.17) is 35.5 Å². The number of fused-ring (bicyclic) bond motifs is 2. The number of carbonyl (C=O) groups excluding carboxylic acids is 6. The molecular formula is C48H56ClN7O10S. The van der Waals surface area contributed by atoms with E-state index in [1.165, 1.54) is 16.2 Å². The van der Waals surface area contributed by atoms with Gasteiger partial charge in [-0.1, -0.05) is 36.7 Å². The van der Waals surface area contributed by atoms with Gasteiger partial charge in [0.15, 0.2) is 11.6 Å². The number of nitrogens with zero attached hydrogens (tertiary/aromatic N) is 5. The lowest BCUT2D eigenvalue weighted by molar-refractivity contribution is -0.137. The molecule has 0 bridgehead atoms. The molecule has 2 atom stereocenters. The minimum Gasteiger partial charge on any atom is -0.496 e. The van der Waals surface area contributed by atoms with Crippen LogP contribution in [0.15, 0.2) is 54.7 Å². The Kier molecular flexibility index (Phi) is 17.1. The lowest BCUT2D eigenvalue weighted by Crippen LogP contribution is -2.52. The molecule has 2 aromatic carbocycles. The summed E-state index contributed by atoms with van der Waals surface area (Å²) in [6.07, 6.45) is 5.54. The molecule has 4 aromatic rings. The fraction of sp³-hybridized carbons (Fsp3) is 0.458. The predicted molar refractivity (Wildman–Crippen MR) is 252 cm³/mol. The molecule has 1 unspecified atom stereocenters. The number of piperidine rings is 1. The maximum absolute atomic E-state index is 13.3. The number of benzene rings is 2. The van der Waals surface area contributed by atoms with Crippen LogP contribution in [0.4, 0.5) is 17.2 Å². The van der Waals surface area contributed by atoms with E-state index in [1.807, 2.05) is 30.0 Å². The molecule has 17 nitrogen and oxygen atoms in total. The van der Waals surface area contributed by atoms with Crippen molar-refractivity contribution in [1.82, 2.24) is 20.2 Å². The van der Waals surface area contributed by atoms with Crippen molar-refractivity contribution in [3.8, 4) is 5.75 Å². The number of hydrogen-bond acceptors (Lipinski definition) is 14. The van der Waals surface area contributed by atoms with Crippen LogP contribution in [0.3, 0.4) is 0 Å². The largest absolute Gasteiger partial charge is 0.496 e. The standard InChI is InChI=1S/C48H56ClN7O10S/c1-4-36-48(62)54(2)38-27-50-42(52-45(38)55(36)28-32-15-17-41(49)67-32)26-31-14-13-30(25-40(31)63-3)39(57)11-8-20-65-22-24-66-23-21-64-19-6-5-12-43(58)51-35-10-7-9-33-34(35)29-56(47(33)61)37-16-18-44(59)53-46(37)60/h7,9-10,13-15,17,25,27,36-37H,4-6,8,11-12,16,18-24,26,28-29H2,1-3H3,(H,51,58)(H,53,59,60)/t36-,37?/m1/s1. The molecule has 0 aliphatic carbocycles. The van der Waals surface area contributed by atoms with Crippen LogP contribution in [0.1, 0.15) is 101 Å². The fourth-order valence-electron chi connectivity index (χ4n) is 8.40. The van der Waals surface area contributed by atoms with Gasteiger partial charge >= 0.3 is 0 Å². The number of nitrogens with one attached hydrogen (secondary N) is 2. The second kappa shape index (κ2) is 23.3. The highest BCUT2D eigenvalue weighted by molar-refractivity contribution is 7.16. The highest BCUT2D eigenvalue weighted by Gasteiger charge is 2.40. The number of halogens is 1. The van der Waals surface area contributed by atoms with Gasteiger partial charge in [0, 0.05) is 85.3 Å². The zero-order valence-electron chi connectivity index (χ0n) is 38.0. The van der Waals surface area contributed by atoms with Crippen LogP contribution >= 0.6 is 22.9 Å². The van der Waals surface area contributed by atoms with Crippen LogP contribution in [-0.4, -0.2) is 116 Å². The van der Waals surface area contributed by atoms with Gasteiger partial charge in [0.1, 0.15) is 29.3 Å². The van der Waals surface area contributed by atoms with Gasteiger partial charge in [-0.2, -0.15) is 0 Å². The Bertz CT molecular complexity index is 2470. The summed E-state index contributed by atoms with van der Waals surface area (Å²) >= 11 is 7.70. The Morgan fingerprint density at radius 1 is 0.940 bits per heavy atom. The summed E-state index contributed by atoms with van der Waals surface area (Å²) in [7, 11) is 3.32. The van der Waals surface area contributed by atoms with Gasteiger partial charge < -0.3 is 39.0 Å². The number of carbonyl (C=O) groups is 6. The van der Waals surface area contributed by atoms with Gasteiger partial charge in [-0.15, -0.1) is 11.3 Å². The number of Topliss-reactive ketones (excluding diaryl/α,β-unsaturated/α-hetero) is 1. The second-order valence-corrected chi connectivity index (χ2v) is 18.3. The van der Waals surface area contributed by atoms with Crippen molar-refractivity contribution >= 4 is 75.4 Å². The quantitative estimate of drug-likeness (QED) is 0.0462. The molecule has 1 fully saturated rings. The summed E-state index contributed by atoms with van der Waals surface area (Å²) in [4.78, 5) is 91.8. The van der Waals surface area contributed by atoms with Gasteiger partial charge in [-0.3, -0.25) is 34.1 Å². The average Bonchev–Trinajstić information content (AvgIpc) is 3.89. The third-order valence-corrected chi connectivity index (χ3v) is 13.2. The topological polar surface area (TPSA) is 199 Å². The molecule has 356 valence electrons. The Hall–Kier alpha value is -5.79. The monoisotopic (exact) mass is 957 g/mol. The first kappa shape index (κ1) is 49.1. The third-order valence-electron chi connectivity index (χ3n) is 12.0. The number of ether oxygens (including phenoxy) is 4. The molecule has 0 radical (unpaired) electrons. The summed E-state index contributed by atoms with van der Waals surface area (Å²) in [6, 6.07) is 13.3. The molecule has 2 aromatic heterocycles. The van der Waals surface area contributed by atoms with Crippen molar-refractivity contribution in [3.63, 3.8) is 0 Å². The summed E-state index contributed by atoms with van der Waals surface area (Å²) < 4.78 is 23.3. The van der Waals surface area contributed by atoms with Gasteiger partial charge in [-0.05, 0) is 62.4 Å². The minimum atomic E-state index is -0.722. The number of amides is 5. The van der Waals surface area contributed by atoms with Crippen LogP contribution in [0.5, 0.6) is 5.75 Å². The van der Waals surface area contributed by atoms with Gasteiger partial charge in [0.25, 0.3) is 5.91 Å². The number of methoxy groups -OCH3 is 1. The molecule has 67 heavy (non-hydrogen) atoms. The van der Waals surface area contributed by atoms with Crippen LogP contribution in [-0.2, 0) is 52.9 Å². The second-order valence-electron chi connectivity index (χ2n) is 16.5. The highest BCUT2D eigenvalue weighted by atomic mass is 35.5. The van der Waals surface area contributed by atoms with Crippen LogP contribution in [0.2, 0.25) is 4.34 Å². The van der Waals surface area contributed by atoms with E-state index in [-0.39, 0.29) is 61.3 Å². The van der Waals surface area contributed by atoms with E-state index in [0.717, 1.165) is 10.4 Å². The summed E-state index contributed by atoms with van der Waals surface area (Å²) in [5, 5.41) is 5.21. The van der Waals surface area contributed by atoms with Crippen LogP contribution in [0.25, 0.3) is 0 Å². The summed E-state index contributed by atoms with van der Waals surface area (Å²) in [6.45, 7) is 5.12. The maximum atomic E-state index is 13.3. The van der Waals surface area contributed by atoms with Crippen LogP contribution < -0.4 is 25.2 Å². The van der Waals surface area contributed by atoms with Crippen molar-refractivity contribution in [3.05, 3.63) is 92.0 Å². The molecule has 2 N–H and O–H groups in total. The fourth-order valence-corrected chi connectivity index (χ4v) is 9.49. The molecular weight excluding hydrogens is 902 g/mol. The number of hydrogen-bond donors (Lipinski definition) is 2. The Morgan fingerprint density at radius 3 is 2.42 bits per heavy atom. The Morgan fingerprint density at radius 2 is 1.70 bits per heavy atom. The van der Waals surface area contributed by atoms with Crippen molar-refractivity contribution in [2.75, 3.05) is 68.9 Å². The molecule has 3 aliphatic rings. The van der Waals surface area contributed by atoms with Gasteiger partial charge in [0.05, 0.1) is 50.6 Å². The summed E-state index contributed by atoms with van der Waals surface area (Å²) in [5.74, 6) is 0.478. The zero-order valence-corrected chi connectivity index (χ0v) is 39.5. The molecule has 7 rings (SSSR count). The number of ketones is 1. The van der Waals surface area contributed by atoms with Crippen molar-refractivity contribution in [1.29, 1.82) is 0 Å². The van der Waals surface area contributed by atoms with E-state index in [1.54, 1.807) is 55.6 Å². The van der Waals surface area contributed by atoms with E-state index in [9.17, 15) is 28.8 Å². The number of unbranched alkanes of at least 4 members (excludes halogenated alkanes) is 1. The van der Waals surface area contributed by atoms with E-state index >= 15 is 0 Å². The minimum absolute atomic E-state index is 0.0118. The molecule has 0 saturated carbocycles. The highest BCUT2D eigenvalue weighted by Crippen LogP contribution is 2.37. The van der Waals surface area contributed by atoms with Crippen LogP contribution in [0, 0.1) is 0 Å². The number of anilines is 3. The SMILES string of the molecule is CC[C@@H]1C(=O)N(C)c2cnc(Cc3ccc(C(=O)CCCOCCOCCOCCCCC(=O)Nc4cccc5c4CN(C4CCC(=O)NC4=O)C5=O)cc3OC)nc2N1Cc1ccc(Cl)s1. The Balaban J connectivity index is 0.748. The molecule has 1 saturated heterocycles. The average molecular weight is 959 g/mol. The Labute approximate surface area is 398 Å². The smallest absolute Gasteiger partial charge is 0.255 e. The normalized spacial score (nSPS) is 16.9. The molecule has 19 heteroatoms. The predicted octanol–water partition coefficient (Wildman–Crippen LogP) is 6.14. The lowest BCUT2D eigenvalue weighted by atomic mass is 10.0. The lowest BCUT2D eigenvalue weighted by Gasteiger charge is -2.40. The van der Waals surface area contributed by atoms with Crippen molar-refractivity contribution in [2.24, 2.45) is 0 Å². The number of rotatable bonds is 24. The van der Waals surface area contributed by atoms with E-state index in [2.05, 4.69) is 15.6 Å². The van der Waals surface area contributed by atoms with Gasteiger partial charge in [0.2, 0.25) is 23.6 Å².